The summed E-state index contributed by atoms with van der Waals surface area (Å²) in [5.41, 5.74) is 0. The minimum Gasteiger partial charge on any atom is -0.375 e. The molecule has 1 heteroatoms. The number of hydrogen-bond acceptors (Lipinski definition) is 1. The third-order valence-electron chi connectivity index (χ3n) is 6.12. The third-order valence-corrected chi connectivity index (χ3v) is 6.12. The van der Waals surface area contributed by atoms with E-state index in [2.05, 4.69) is 13.8 Å². The average Bonchev–Trinajstić information content (AvgIpc) is 2.93. The van der Waals surface area contributed by atoms with Gasteiger partial charge in [-0.25, -0.2) is 0 Å². The van der Waals surface area contributed by atoms with E-state index in [0.717, 1.165) is 35.5 Å². The molecule has 4 fully saturated rings. The molecule has 7 unspecified atom stereocenters. The summed E-state index contributed by atoms with van der Waals surface area (Å²) in [6, 6.07) is 0. The van der Waals surface area contributed by atoms with Gasteiger partial charge in [0.25, 0.3) is 0 Å². The van der Waals surface area contributed by atoms with Crippen LogP contribution in [0.3, 0.4) is 0 Å². The van der Waals surface area contributed by atoms with Gasteiger partial charge < -0.3 is 4.74 Å². The summed E-state index contributed by atoms with van der Waals surface area (Å²) >= 11 is 0. The molecule has 4 aliphatic carbocycles. The van der Waals surface area contributed by atoms with Gasteiger partial charge in [-0.05, 0) is 81.5 Å². The first-order valence-electron chi connectivity index (χ1n) is 7.39. The summed E-state index contributed by atoms with van der Waals surface area (Å²) in [6.07, 6.45) is 8.66. The van der Waals surface area contributed by atoms with Crippen molar-refractivity contribution in [3.8, 4) is 0 Å². The molecule has 0 spiro atoms. The highest BCUT2D eigenvalue weighted by Crippen LogP contribution is 2.67. The monoisotopic (exact) mass is 220 g/mol. The third kappa shape index (κ3) is 1.16. The Kier molecular flexibility index (Phi) is 2.02. The molecule has 4 rings (SSSR count). The fourth-order valence-corrected chi connectivity index (χ4v) is 6.01. The van der Waals surface area contributed by atoms with Gasteiger partial charge in [-0.15, -0.1) is 0 Å². The molecule has 16 heavy (non-hydrogen) atoms. The normalized spacial score (nSPS) is 57.6. The predicted octanol–water partition coefficient (Wildman–Crippen LogP) is 3.48. The smallest absolute Gasteiger partial charge is 0.0612 e. The molecule has 0 aliphatic heterocycles. The van der Waals surface area contributed by atoms with Crippen LogP contribution in [0.2, 0.25) is 0 Å². The van der Waals surface area contributed by atoms with Gasteiger partial charge in [0.05, 0.1) is 12.2 Å². The first kappa shape index (κ1) is 9.94. The molecule has 0 saturated heterocycles. The van der Waals surface area contributed by atoms with E-state index >= 15 is 0 Å². The van der Waals surface area contributed by atoms with E-state index in [1.165, 1.54) is 12.8 Å². The van der Waals surface area contributed by atoms with Crippen LogP contribution in [0.5, 0.6) is 0 Å². The molecular weight excluding hydrogens is 196 g/mol. The van der Waals surface area contributed by atoms with Gasteiger partial charge in [0, 0.05) is 0 Å². The molecule has 0 radical (unpaired) electrons. The maximum atomic E-state index is 6.16. The fourth-order valence-electron chi connectivity index (χ4n) is 6.01. The van der Waals surface area contributed by atoms with Crippen LogP contribution in [0.25, 0.3) is 0 Å². The highest BCUT2D eigenvalue weighted by Gasteiger charge is 2.62. The van der Waals surface area contributed by atoms with Gasteiger partial charge in [0.1, 0.15) is 0 Å². The van der Waals surface area contributed by atoms with Gasteiger partial charge in [-0.2, -0.15) is 0 Å². The molecule has 7 atom stereocenters. The second-order valence-electron chi connectivity index (χ2n) is 7.11. The Morgan fingerprint density at radius 1 is 0.875 bits per heavy atom. The molecule has 90 valence electrons. The van der Waals surface area contributed by atoms with E-state index in [9.17, 15) is 0 Å². The van der Waals surface area contributed by atoms with Crippen LogP contribution in [0, 0.1) is 35.5 Å². The zero-order valence-electron chi connectivity index (χ0n) is 10.6. The van der Waals surface area contributed by atoms with Crippen LogP contribution in [0.15, 0.2) is 0 Å². The highest BCUT2D eigenvalue weighted by atomic mass is 16.5. The van der Waals surface area contributed by atoms with Crippen LogP contribution in [-0.2, 0) is 4.74 Å². The van der Waals surface area contributed by atoms with Crippen LogP contribution < -0.4 is 0 Å². The van der Waals surface area contributed by atoms with Crippen LogP contribution in [-0.4, -0.2) is 12.2 Å². The minimum absolute atomic E-state index is 0.432. The molecule has 0 amide bonds. The quantitative estimate of drug-likeness (QED) is 0.647. The zero-order valence-corrected chi connectivity index (χ0v) is 10.6. The molecule has 1 nitrogen and oxygen atoms in total. The number of hydrogen-bond donors (Lipinski definition) is 0. The van der Waals surface area contributed by atoms with Crippen molar-refractivity contribution in [2.45, 2.75) is 58.2 Å². The molecule has 0 N–H and O–H groups in total. The Balaban J connectivity index is 1.56. The highest BCUT2D eigenvalue weighted by molar-refractivity contribution is 5.11. The van der Waals surface area contributed by atoms with Crippen LogP contribution in [0.4, 0.5) is 0 Å². The first-order chi connectivity index (χ1) is 7.74. The van der Waals surface area contributed by atoms with Crippen LogP contribution >= 0.6 is 0 Å². The number of fused-ring (bicyclic) bond motifs is 9. The summed E-state index contributed by atoms with van der Waals surface area (Å²) in [4.78, 5) is 0. The molecule has 4 saturated carbocycles. The molecule has 0 aromatic heterocycles. The molecular formula is C15H24O. The van der Waals surface area contributed by atoms with Gasteiger partial charge in [-0.1, -0.05) is 0 Å². The van der Waals surface area contributed by atoms with E-state index in [1.54, 1.807) is 19.3 Å². The lowest BCUT2D eigenvalue weighted by atomic mass is 9.70. The molecule has 0 heterocycles. The SMILES string of the molecule is CC(C)OC1CC2CC1C1C3CCC(C3)C21. The Morgan fingerprint density at radius 3 is 2.38 bits per heavy atom. The Labute approximate surface area is 98.9 Å². The summed E-state index contributed by atoms with van der Waals surface area (Å²) in [7, 11) is 0. The topological polar surface area (TPSA) is 9.23 Å². The van der Waals surface area contributed by atoms with Gasteiger partial charge in [-0.3, -0.25) is 0 Å². The predicted molar refractivity (Wildman–Crippen MR) is 64.0 cm³/mol. The largest absolute Gasteiger partial charge is 0.375 e. The fraction of sp³-hybridized carbons (Fsp3) is 1.00. The Morgan fingerprint density at radius 2 is 1.62 bits per heavy atom. The second-order valence-corrected chi connectivity index (χ2v) is 7.11. The molecule has 4 bridgehead atoms. The van der Waals surface area contributed by atoms with Crippen molar-refractivity contribution in [2.75, 3.05) is 0 Å². The van der Waals surface area contributed by atoms with Crippen molar-refractivity contribution in [1.29, 1.82) is 0 Å². The van der Waals surface area contributed by atoms with E-state index in [-0.39, 0.29) is 0 Å². The Hall–Kier alpha value is -0.0400. The zero-order chi connectivity index (χ0) is 10.9. The van der Waals surface area contributed by atoms with Gasteiger partial charge in [0.15, 0.2) is 0 Å². The molecule has 0 aromatic carbocycles. The van der Waals surface area contributed by atoms with Crippen molar-refractivity contribution in [3.63, 3.8) is 0 Å². The van der Waals surface area contributed by atoms with Crippen molar-refractivity contribution in [3.05, 3.63) is 0 Å². The van der Waals surface area contributed by atoms with E-state index in [1.807, 2.05) is 0 Å². The summed E-state index contributed by atoms with van der Waals surface area (Å²) < 4.78 is 6.16. The van der Waals surface area contributed by atoms with Crippen molar-refractivity contribution in [1.82, 2.24) is 0 Å². The maximum Gasteiger partial charge on any atom is 0.0612 e. The summed E-state index contributed by atoms with van der Waals surface area (Å²) in [5, 5.41) is 0. The summed E-state index contributed by atoms with van der Waals surface area (Å²) in [6.45, 7) is 4.40. The molecule has 0 aromatic rings. The standard InChI is InChI=1S/C15H24O/c1-8(2)16-13-7-11-6-12(13)15-10-4-3-9(5-10)14(11)15/h8-15H,3-7H2,1-2H3. The number of rotatable bonds is 2. The van der Waals surface area contributed by atoms with E-state index < -0.39 is 0 Å². The minimum atomic E-state index is 0.432. The lowest BCUT2D eigenvalue weighted by Gasteiger charge is -2.39. The van der Waals surface area contributed by atoms with E-state index in [4.69, 9.17) is 4.74 Å². The summed E-state index contributed by atoms with van der Waals surface area (Å²) in [5.74, 6) is 6.45. The lowest BCUT2D eigenvalue weighted by Crippen LogP contribution is -2.37. The first-order valence-corrected chi connectivity index (χ1v) is 7.39. The van der Waals surface area contributed by atoms with Crippen molar-refractivity contribution < 1.29 is 4.74 Å². The van der Waals surface area contributed by atoms with Crippen molar-refractivity contribution in [2.24, 2.45) is 35.5 Å². The maximum absolute atomic E-state index is 6.16. The average molecular weight is 220 g/mol. The molecule has 4 aliphatic rings. The van der Waals surface area contributed by atoms with E-state index in [0.29, 0.717) is 12.2 Å². The van der Waals surface area contributed by atoms with Gasteiger partial charge in [0.2, 0.25) is 0 Å². The number of ether oxygens (including phenoxy) is 1. The van der Waals surface area contributed by atoms with Crippen molar-refractivity contribution >= 4 is 0 Å². The Bertz CT molecular complexity index is 298. The second kappa shape index (κ2) is 3.25. The van der Waals surface area contributed by atoms with Gasteiger partial charge >= 0.3 is 0 Å². The van der Waals surface area contributed by atoms with Crippen LogP contribution in [0.1, 0.15) is 46.0 Å². The lowest BCUT2D eigenvalue weighted by molar-refractivity contribution is -0.0563.